The van der Waals surface area contributed by atoms with Crippen LogP contribution in [0.3, 0.4) is 0 Å². The zero-order chi connectivity index (χ0) is 20.2. The number of hydrogen-bond donors (Lipinski definition) is 0. The zero-order valence-electron chi connectivity index (χ0n) is 17.8. The summed E-state index contributed by atoms with van der Waals surface area (Å²) >= 11 is 0. The molecule has 0 atom stereocenters. The number of aromatic nitrogens is 1. The first-order valence-electron chi connectivity index (χ1n) is 10.9. The van der Waals surface area contributed by atoms with Gasteiger partial charge in [0.1, 0.15) is 0 Å². The average molecular weight is 414 g/mol. The van der Waals surface area contributed by atoms with Crippen molar-refractivity contribution in [1.82, 2.24) is 13.8 Å². The molecule has 162 valence electrons. The molecule has 0 N–H and O–H groups in total. The standard InChI is InChI=1S/C21H39N3O3S/c1-3-4-5-6-7-8-19-28(25,26)24(20-21-11-9-12-22(21)2)14-10-13-23-15-17-27-18-16-23/h9,11-12H,3-8,10,13-20H2,1-2H3. The minimum atomic E-state index is -3.23. The number of morpholine rings is 1. The van der Waals surface area contributed by atoms with Crippen molar-refractivity contribution < 1.29 is 13.2 Å². The van der Waals surface area contributed by atoms with Crippen LogP contribution in [0.1, 0.15) is 57.6 Å². The number of unbranched alkanes of at least 4 members (excludes halogenated alkanes) is 5. The van der Waals surface area contributed by atoms with E-state index in [0.29, 0.717) is 13.1 Å². The van der Waals surface area contributed by atoms with Crippen molar-refractivity contribution in [2.24, 2.45) is 7.05 Å². The lowest BCUT2D eigenvalue weighted by atomic mass is 10.1. The highest BCUT2D eigenvalue weighted by atomic mass is 32.2. The molecule has 0 aliphatic carbocycles. The molecule has 1 aromatic heterocycles. The Morgan fingerprint density at radius 3 is 2.46 bits per heavy atom. The molecule has 2 rings (SSSR count). The van der Waals surface area contributed by atoms with Crippen molar-refractivity contribution >= 4 is 10.0 Å². The molecule has 1 aromatic rings. The van der Waals surface area contributed by atoms with Gasteiger partial charge in [0.15, 0.2) is 0 Å². The van der Waals surface area contributed by atoms with Crippen LogP contribution >= 0.6 is 0 Å². The summed E-state index contributed by atoms with van der Waals surface area (Å²) in [5.74, 6) is 0.265. The fraction of sp³-hybridized carbons (Fsp3) is 0.810. The number of rotatable bonds is 14. The largest absolute Gasteiger partial charge is 0.379 e. The molecule has 1 fully saturated rings. The van der Waals surface area contributed by atoms with Crippen molar-refractivity contribution in [2.45, 2.75) is 58.4 Å². The van der Waals surface area contributed by atoms with Crippen LogP contribution in [-0.4, -0.2) is 67.3 Å². The third-order valence-corrected chi connectivity index (χ3v) is 7.43. The highest BCUT2D eigenvalue weighted by Crippen LogP contribution is 2.14. The lowest BCUT2D eigenvalue weighted by Gasteiger charge is -2.28. The molecule has 0 radical (unpaired) electrons. The van der Waals surface area contributed by atoms with E-state index in [9.17, 15) is 8.42 Å². The maximum atomic E-state index is 13.0. The normalized spacial score (nSPS) is 16.1. The first-order chi connectivity index (χ1) is 13.5. The minimum Gasteiger partial charge on any atom is -0.379 e. The fourth-order valence-corrected chi connectivity index (χ4v) is 5.21. The smallest absolute Gasteiger partial charge is 0.214 e. The van der Waals surface area contributed by atoms with Crippen molar-refractivity contribution in [3.8, 4) is 0 Å². The van der Waals surface area contributed by atoms with E-state index >= 15 is 0 Å². The van der Waals surface area contributed by atoms with E-state index in [1.165, 1.54) is 19.3 Å². The van der Waals surface area contributed by atoms with Gasteiger partial charge < -0.3 is 9.30 Å². The summed E-state index contributed by atoms with van der Waals surface area (Å²) < 4.78 is 35.2. The van der Waals surface area contributed by atoms with Crippen molar-refractivity contribution in [1.29, 1.82) is 0 Å². The Labute approximate surface area is 171 Å². The lowest BCUT2D eigenvalue weighted by Crippen LogP contribution is -2.39. The predicted octanol–water partition coefficient (Wildman–Crippen LogP) is 3.24. The van der Waals surface area contributed by atoms with E-state index in [0.717, 1.165) is 64.2 Å². The van der Waals surface area contributed by atoms with Gasteiger partial charge in [0.2, 0.25) is 10.0 Å². The van der Waals surface area contributed by atoms with Gasteiger partial charge in [-0.3, -0.25) is 4.90 Å². The van der Waals surface area contributed by atoms with Gasteiger partial charge in [-0.1, -0.05) is 39.0 Å². The van der Waals surface area contributed by atoms with Gasteiger partial charge in [-0.05, 0) is 31.5 Å². The summed E-state index contributed by atoms with van der Waals surface area (Å²) in [5, 5.41) is 0. The van der Waals surface area contributed by atoms with E-state index < -0.39 is 10.0 Å². The number of nitrogens with zero attached hydrogens (tertiary/aromatic N) is 3. The third-order valence-electron chi connectivity index (χ3n) is 5.52. The molecule has 0 amide bonds. The Morgan fingerprint density at radius 2 is 1.79 bits per heavy atom. The molecule has 7 heteroatoms. The van der Waals surface area contributed by atoms with E-state index in [-0.39, 0.29) is 5.75 Å². The van der Waals surface area contributed by atoms with Crippen LogP contribution in [0.4, 0.5) is 0 Å². The summed E-state index contributed by atoms with van der Waals surface area (Å²) in [6.45, 7) is 7.63. The maximum absolute atomic E-state index is 13.0. The highest BCUT2D eigenvalue weighted by Gasteiger charge is 2.23. The number of ether oxygens (including phenoxy) is 1. The van der Waals surface area contributed by atoms with Crippen LogP contribution in [0.2, 0.25) is 0 Å². The molecular weight excluding hydrogens is 374 g/mol. The van der Waals surface area contributed by atoms with Crippen molar-refractivity contribution in [3.05, 3.63) is 24.0 Å². The molecule has 0 spiro atoms. The van der Waals surface area contributed by atoms with Crippen LogP contribution < -0.4 is 0 Å². The fourth-order valence-electron chi connectivity index (χ4n) is 3.65. The quantitative estimate of drug-likeness (QED) is 0.439. The van der Waals surface area contributed by atoms with E-state index in [1.54, 1.807) is 4.31 Å². The van der Waals surface area contributed by atoms with Gasteiger partial charge in [-0.2, -0.15) is 4.31 Å². The first-order valence-corrected chi connectivity index (χ1v) is 12.5. The Kier molecular flexibility index (Phi) is 10.5. The van der Waals surface area contributed by atoms with Crippen molar-refractivity contribution in [2.75, 3.05) is 45.1 Å². The summed E-state index contributed by atoms with van der Waals surface area (Å²) in [5.41, 5.74) is 1.04. The summed E-state index contributed by atoms with van der Waals surface area (Å²) in [7, 11) is -1.26. The van der Waals surface area contributed by atoms with Gasteiger partial charge in [0.25, 0.3) is 0 Å². The second-order valence-corrected chi connectivity index (χ2v) is 9.92. The zero-order valence-corrected chi connectivity index (χ0v) is 18.6. The Morgan fingerprint density at radius 1 is 1.07 bits per heavy atom. The summed E-state index contributed by atoms with van der Waals surface area (Å²) in [4.78, 5) is 2.37. The minimum absolute atomic E-state index is 0.265. The van der Waals surface area contributed by atoms with Crippen molar-refractivity contribution in [3.63, 3.8) is 0 Å². The lowest BCUT2D eigenvalue weighted by molar-refractivity contribution is 0.0368. The molecule has 0 bridgehead atoms. The predicted molar refractivity (Wildman–Crippen MR) is 115 cm³/mol. The van der Waals surface area contributed by atoms with Crippen LogP contribution in [0.25, 0.3) is 0 Å². The third kappa shape index (κ3) is 8.23. The van der Waals surface area contributed by atoms with Gasteiger partial charge in [-0.15, -0.1) is 0 Å². The molecule has 28 heavy (non-hydrogen) atoms. The van der Waals surface area contributed by atoms with E-state index in [4.69, 9.17) is 4.74 Å². The van der Waals surface area contributed by atoms with Crippen LogP contribution in [0.5, 0.6) is 0 Å². The Balaban J connectivity index is 1.87. The molecule has 0 saturated carbocycles. The SMILES string of the molecule is CCCCCCCCS(=O)(=O)N(CCCN1CCOCC1)Cc1cccn1C. The summed E-state index contributed by atoms with van der Waals surface area (Å²) in [6, 6.07) is 3.98. The molecular formula is C21H39N3O3S. The second kappa shape index (κ2) is 12.6. The Bertz CT molecular complexity index is 639. The molecule has 2 heterocycles. The molecule has 0 aromatic carbocycles. The van der Waals surface area contributed by atoms with Crippen LogP contribution in [-0.2, 0) is 28.4 Å². The molecule has 6 nitrogen and oxygen atoms in total. The number of sulfonamides is 1. The first kappa shape index (κ1) is 23.4. The van der Waals surface area contributed by atoms with Gasteiger partial charge >= 0.3 is 0 Å². The topological polar surface area (TPSA) is 54.8 Å². The average Bonchev–Trinajstić information content (AvgIpc) is 3.09. The molecule has 0 unspecified atom stereocenters. The number of hydrogen-bond acceptors (Lipinski definition) is 4. The van der Waals surface area contributed by atoms with E-state index in [2.05, 4.69) is 11.8 Å². The molecule has 1 saturated heterocycles. The summed E-state index contributed by atoms with van der Waals surface area (Å²) in [6.07, 6.45) is 9.41. The molecule has 1 aliphatic heterocycles. The monoisotopic (exact) mass is 413 g/mol. The highest BCUT2D eigenvalue weighted by molar-refractivity contribution is 7.89. The van der Waals surface area contributed by atoms with Crippen LogP contribution in [0.15, 0.2) is 18.3 Å². The second-order valence-electron chi connectivity index (χ2n) is 7.84. The number of aryl methyl sites for hydroxylation is 1. The Hall–Kier alpha value is -0.890. The van der Waals surface area contributed by atoms with Crippen LogP contribution in [0, 0.1) is 0 Å². The maximum Gasteiger partial charge on any atom is 0.214 e. The van der Waals surface area contributed by atoms with Gasteiger partial charge in [0, 0.05) is 38.6 Å². The van der Waals surface area contributed by atoms with E-state index in [1.807, 2.05) is 29.9 Å². The van der Waals surface area contributed by atoms with Gasteiger partial charge in [0.05, 0.1) is 25.5 Å². The van der Waals surface area contributed by atoms with Gasteiger partial charge in [-0.25, -0.2) is 8.42 Å². The molecule has 1 aliphatic rings.